The summed E-state index contributed by atoms with van der Waals surface area (Å²) in [6.45, 7) is 5.70. The van der Waals surface area contributed by atoms with Crippen molar-refractivity contribution in [3.8, 4) is 0 Å². The van der Waals surface area contributed by atoms with E-state index < -0.39 is 13.9 Å². The first-order valence-corrected chi connectivity index (χ1v) is 29.9. The zero-order valence-corrected chi connectivity index (χ0v) is 45.2. The van der Waals surface area contributed by atoms with E-state index in [0.29, 0.717) is 24.1 Å². The van der Waals surface area contributed by atoms with Gasteiger partial charge in [-0.05, 0) is 38.5 Å². The van der Waals surface area contributed by atoms with Crippen molar-refractivity contribution in [2.24, 2.45) is 0 Å². The number of carbonyl (C=O) groups excluding carboxylic acids is 1. The lowest BCUT2D eigenvalue weighted by molar-refractivity contribution is -0.870. The van der Waals surface area contributed by atoms with Crippen LogP contribution in [0.2, 0.25) is 0 Å². The molecule has 0 fully saturated rings. The molecule has 1 N–H and O–H groups in total. The Labute approximate surface area is 405 Å². The molecule has 8 nitrogen and oxygen atoms in total. The van der Waals surface area contributed by atoms with Gasteiger partial charge in [-0.3, -0.25) is 13.8 Å². The van der Waals surface area contributed by atoms with Crippen molar-refractivity contribution in [3.63, 3.8) is 0 Å². The van der Waals surface area contributed by atoms with Gasteiger partial charge in [0, 0.05) is 13.0 Å². The fraction of sp³-hybridized carbons (Fsp3) is 0.946. The lowest BCUT2D eigenvalue weighted by Gasteiger charge is -2.24. The number of phosphoric ester groups is 1. The van der Waals surface area contributed by atoms with Gasteiger partial charge in [0.1, 0.15) is 19.3 Å². The van der Waals surface area contributed by atoms with Crippen LogP contribution in [0, 0.1) is 0 Å². The first kappa shape index (κ1) is 64.2. The zero-order chi connectivity index (χ0) is 47.6. The fourth-order valence-corrected chi connectivity index (χ4v) is 9.18. The van der Waals surface area contributed by atoms with Crippen LogP contribution in [0.1, 0.15) is 284 Å². The number of phosphoric acid groups is 1. The normalized spacial score (nSPS) is 13.5. The van der Waals surface area contributed by atoms with Gasteiger partial charge in [-0.2, -0.15) is 0 Å². The average Bonchev–Trinajstić information content (AvgIpc) is 3.27. The Balaban J connectivity index is 4.04. The van der Waals surface area contributed by atoms with Gasteiger partial charge in [0.25, 0.3) is 0 Å². The molecule has 0 aliphatic heterocycles. The van der Waals surface area contributed by atoms with Gasteiger partial charge in [0.05, 0.1) is 34.4 Å². The number of nitrogens with zero attached hydrogens (tertiary/aromatic N) is 1. The Morgan fingerprint density at radius 2 is 0.800 bits per heavy atom. The smallest absolute Gasteiger partial charge is 0.457 e. The van der Waals surface area contributed by atoms with Gasteiger partial charge in [-0.15, -0.1) is 0 Å². The summed E-state index contributed by atoms with van der Waals surface area (Å²) in [5, 5.41) is 0. The fourth-order valence-electron chi connectivity index (χ4n) is 8.43. The number of hydrogen-bond donors (Lipinski definition) is 1. The van der Waals surface area contributed by atoms with E-state index in [-0.39, 0.29) is 25.8 Å². The molecule has 0 amide bonds. The molecule has 0 radical (unpaired) electrons. The zero-order valence-electron chi connectivity index (χ0n) is 44.3. The predicted octanol–water partition coefficient (Wildman–Crippen LogP) is 17.7. The Morgan fingerprint density at radius 1 is 0.462 bits per heavy atom. The molecule has 0 saturated carbocycles. The first-order valence-electron chi connectivity index (χ1n) is 28.4. The molecule has 0 spiro atoms. The summed E-state index contributed by atoms with van der Waals surface area (Å²) in [7, 11) is 1.69. The maximum Gasteiger partial charge on any atom is 0.472 e. The molecule has 0 aliphatic carbocycles. The molecule has 2 unspecified atom stereocenters. The quantitative estimate of drug-likeness (QED) is 0.0213. The third-order valence-electron chi connectivity index (χ3n) is 12.8. The Hall–Kier alpha value is -0.760. The van der Waals surface area contributed by atoms with Crippen LogP contribution in [-0.4, -0.2) is 75.6 Å². The summed E-state index contributed by atoms with van der Waals surface area (Å²) in [6.07, 6.45) is 58.4. The van der Waals surface area contributed by atoms with Gasteiger partial charge in [0.2, 0.25) is 0 Å². The first-order chi connectivity index (χ1) is 31.6. The Morgan fingerprint density at radius 3 is 1.17 bits per heavy atom. The summed E-state index contributed by atoms with van der Waals surface area (Å²) in [5.74, 6) is -0.306. The number of hydrogen-bond acceptors (Lipinski definition) is 6. The SMILES string of the molecule is CCCCCCCCCC/C=C\CCCCCCCCCCCCOCC(COP(=O)(O)OCC[N+](C)(C)C)OC(=O)CCCCCCCCCCCCCCCCCCCCCCC. The van der Waals surface area contributed by atoms with E-state index >= 15 is 0 Å². The molecule has 0 aromatic heterocycles. The van der Waals surface area contributed by atoms with Gasteiger partial charge >= 0.3 is 13.8 Å². The highest BCUT2D eigenvalue weighted by molar-refractivity contribution is 7.47. The highest BCUT2D eigenvalue weighted by atomic mass is 31.2. The molecule has 0 heterocycles. The van der Waals surface area contributed by atoms with E-state index in [2.05, 4.69) is 26.0 Å². The van der Waals surface area contributed by atoms with Gasteiger partial charge in [-0.25, -0.2) is 4.57 Å². The summed E-state index contributed by atoms with van der Waals surface area (Å²) < 4.78 is 35.3. The predicted molar refractivity (Wildman–Crippen MR) is 280 cm³/mol. The number of quaternary nitrogens is 1. The Bertz CT molecular complexity index is 1050. The molecule has 65 heavy (non-hydrogen) atoms. The number of unbranched alkanes of at least 4 members (excludes halogenated alkanes) is 38. The number of rotatable bonds is 54. The van der Waals surface area contributed by atoms with Crippen molar-refractivity contribution in [2.45, 2.75) is 290 Å². The number of esters is 1. The van der Waals surface area contributed by atoms with Crippen molar-refractivity contribution in [1.82, 2.24) is 0 Å². The number of ether oxygens (including phenoxy) is 2. The molecule has 388 valence electrons. The highest BCUT2D eigenvalue weighted by Gasteiger charge is 2.26. The monoisotopic (exact) mass is 943 g/mol. The van der Waals surface area contributed by atoms with Crippen molar-refractivity contribution in [1.29, 1.82) is 0 Å². The molecule has 0 aromatic rings. The molecular weight excluding hydrogens is 830 g/mol. The van der Waals surface area contributed by atoms with Crippen molar-refractivity contribution in [3.05, 3.63) is 12.2 Å². The number of allylic oxidation sites excluding steroid dienone is 2. The lowest BCUT2D eigenvalue weighted by Crippen LogP contribution is -2.37. The molecule has 0 saturated heterocycles. The maximum atomic E-state index is 12.8. The average molecular weight is 943 g/mol. The van der Waals surface area contributed by atoms with Crippen LogP contribution in [0.4, 0.5) is 0 Å². The van der Waals surface area contributed by atoms with E-state index in [1.807, 2.05) is 21.1 Å². The van der Waals surface area contributed by atoms with Crippen LogP contribution >= 0.6 is 7.82 Å². The standard InChI is InChI=1S/C56H112NO7P/c1-6-8-10-12-14-16-18-20-22-24-26-28-30-32-34-36-38-40-42-44-46-48-51-61-53-55(54-63-65(59,60)62-52-50-57(3,4)5)64-56(58)49-47-45-43-41-39-37-35-33-31-29-27-25-23-21-19-17-15-13-11-9-7-2/h24,26,55H,6-23,25,27-54H2,1-5H3/p+1/b26-24-. The van der Waals surface area contributed by atoms with Crippen LogP contribution in [0.15, 0.2) is 12.2 Å². The summed E-state index contributed by atoms with van der Waals surface area (Å²) in [5.41, 5.74) is 0. The van der Waals surface area contributed by atoms with Crippen LogP contribution in [0.5, 0.6) is 0 Å². The summed E-state index contributed by atoms with van der Waals surface area (Å²) >= 11 is 0. The molecule has 0 aromatic carbocycles. The summed E-state index contributed by atoms with van der Waals surface area (Å²) in [6, 6.07) is 0. The van der Waals surface area contributed by atoms with Gasteiger partial charge < -0.3 is 18.9 Å². The Kier molecular flexibility index (Phi) is 49.1. The molecule has 0 aliphatic rings. The third-order valence-corrected chi connectivity index (χ3v) is 13.8. The van der Waals surface area contributed by atoms with Crippen LogP contribution in [0.3, 0.4) is 0 Å². The number of likely N-dealkylation sites (N-methyl/N-ethyl adjacent to an activating group) is 1. The van der Waals surface area contributed by atoms with Crippen molar-refractivity contribution < 1.29 is 37.3 Å². The van der Waals surface area contributed by atoms with E-state index in [1.54, 1.807) is 0 Å². The van der Waals surface area contributed by atoms with Gasteiger partial charge in [0.15, 0.2) is 0 Å². The van der Waals surface area contributed by atoms with E-state index in [9.17, 15) is 14.3 Å². The largest absolute Gasteiger partial charge is 0.472 e. The molecular formula is C56H113NO7P+. The van der Waals surface area contributed by atoms with Crippen LogP contribution in [-0.2, 0) is 27.9 Å². The minimum atomic E-state index is -4.28. The minimum Gasteiger partial charge on any atom is -0.457 e. The molecule has 0 rings (SSSR count). The minimum absolute atomic E-state index is 0.0923. The molecule has 0 bridgehead atoms. The molecule has 2 atom stereocenters. The van der Waals surface area contributed by atoms with Crippen LogP contribution < -0.4 is 0 Å². The van der Waals surface area contributed by atoms with E-state index in [1.165, 1.54) is 231 Å². The molecule has 9 heteroatoms. The van der Waals surface area contributed by atoms with Crippen LogP contribution in [0.25, 0.3) is 0 Å². The second-order valence-electron chi connectivity index (χ2n) is 20.7. The second-order valence-corrected chi connectivity index (χ2v) is 22.1. The topological polar surface area (TPSA) is 91.3 Å². The van der Waals surface area contributed by atoms with Crippen molar-refractivity contribution in [2.75, 3.05) is 54.1 Å². The lowest BCUT2D eigenvalue weighted by atomic mass is 10.0. The third kappa shape index (κ3) is 54.1. The van der Waals surface area contributed by atoms with Gasteiger partial charge in [-0.1, -0.05) is 251 Å². The highest BCUT2D eigenvalue weighted by Crippen LogP contribution is 2.43. The summed E-state index contributed by atoms with van der Waals surface area (Å²) in [4.78, 5) is 23.1. The maximum absolute atomic E-state index is 12.8. The van der Waals surface area contributed by atoms with Crippen molar-refractivity contribution >= 4 is 13.8 Å². The van der Waals surface area contributed by atoms with E-state index in [0.717, 1.165) is 32.1 Å². The second kappa shape index (κ2) is 49.7. The van der Waals surface area contributed by atoms with E-state index in [4.69, 9.17) is 18.5 Å². The number of carbonyl (C=O) groups is 1.